The maximum Gasteiger partial charge on any atom is 0.191 e. The number of benzene rings is 1. The van der Waals surface area contributed by atoms with Crippen molar-refractivity contribution in [2.24, 2.45) is 4.99 Å². The molecule has 0 amide bonds. The van der Waals surface area contributed by atoms with E-state index in [2.05, 4.69) is 15.5 Å². The third kappa shape index (κ3) is 9.00. The number of hydrogen-bond donors (Lipinski definition) is 2. The van der Waals surface area contributed by atoms with Gasteiger partial charge in [0, 0.05) is 39.1 Å². The monoisotopic (exact) mass is 430 g/mol. The lowest BCUT2D eigenvalue weighted by Crippen LogP contribution is -2.41. The van der Waals surface area contributed by atoms with Crippen LogP contribution in [-0.2, 0) is 22.5 Å². The van der Waals surface area contributed by atoms with Crippen molar-refractivity contribution < 1.29 is 18.6 Å². The number of ether oxygens (including phenoxy) is 3. The summed E-state index contributed by atoms with van der Waals surface area (Å²) in [6.07, 6.45) is 2.51. The Morgan fingerprint density at radius 2 is 1.90 bits per heavy atom. The summed E-state index contributed by atoms with van der Waals surface area (Å²) in [7, 11) is 1.67. The number of guanidine groups is 1. The Bertz CT molecular complexity index is 743. The third-order valence-electron chi connectivity index (χ3n) is 5.00. The lowest BCUT2D eigenvalue weighted by molar-refractivity contribution is 0.0394. The number of hydrogen-bond acceptors (Lipinski definition) is 6. The minimum Gasteiger partial charge on any atom is -0.497 e. The third-order valence-corrected chi connectivity index (χ3v) is 5.00. The second kappa shape index (κ2) is 13.7. The molecule has 2 heterocycles. The van der Waals surface area contributed by atoms with Crippen LogP contribution in [0.1, 0.15) is 11.3 Å². The Kier molecular flexibility index (Phi) is 10.2. The highest BCUT2D eigenvalue weighted by atomic mass is 16.5. The van der Waals surface area contributed by atoms with E-state index >= 15 is 0 Å². The van der Waals surface area contributed by atoms with Gasteiger partial charge in [0.15, 0.2) is 5.96 Å². The van der Waals surface area contributed by atoms with E-state index in [4.69, 9.17) is 23.6 Å². The lowest BCUT2D eigenvalue weighted by atomic mass is 10.2. The Morgan fingerprint density at radius 1 is 1.10 bits per heavy atom. The number of nitrogens with one attached hydrogen (secondary N) is 2. The van der Waals surface area contributed by atoms with Gasteiger partial charge in [-0.2, -0.15) is 0 Å². The molecule has 8 nitrogen and oxygen atoms in total. The van der Waals surface area contributed by atoms with Gasteiger partial charge in [-0.15, -0.1) is 0 Å². The predicted molar refractivity (Wildman–Crippen MR) is 121 cm³/mol. The highest BCUT2D eigenvalue weighted by Gasteiger charge is 2.09. The fraction of sp³-hybridized carbons (Fsp3) is 0.522. The van der Waals surface area contributed by atoms with Crippen LogP contribution in [0.2, 0.25) is 0 Å². The van der Waals surface area contributed by atoms with Gasteiger partial charge in [0.25, 0.3) is 0 Å². The summed E-state index contributed by atoms with van der Waals surface area (Å²) >= 11 is 0. The molecule has 1 aliphatic heterocycles. The summed E-state index contributed by atoms with van der Waals surface area (Å²) in [5.74, 6) is 2.61. The van der Waals surface area contributed by atoms with E-state index in [0.29, 0.717) is 19.8 Å². The fourth-order valence-corrected chi connectivity index (χ4v) is 3.21. The molecule has 2 N–H and O–H groups in total. The van der Waals surface area contributed by atoms with E-state index in [1.165, 1.54) is 0 Å². The van der Waals surface area contributed by atoms with E-state index in [-0.39, 0.29) is 0 Å². The average molecular weight is 431 g/mol. The van der Waals surface area contributed by atoms with Crippen LogP contribution in [0.15, 0.2) is 52.1 Å². The Morgan fingerprint density at radius 3 is 2.65 bits per heavy atom. The topological polar surface area (TPSA) is 80.5 Å². The maximum atomic E-state index is 5.78. The lowest BCUT2D eigenvalue weighted by Gasteiger charge is -2.25. The molecular weight excluding hydrogens is 396 g/mol. The molecule has 8 heteroatoms. The first kappa shape index (κ1) is 23.1. The van der Waals surface area contributed by atoms with Gasteiger partial charge >= 0.3 is 0 Å². The largest absolute Gasteiger partial charge is 0.497 e. The first-order valence-corrected chi connectivity index (χ1v) is 10.9. The van der Waals surface area contributed by atoms with E-state index in [1.807, 2.05) is 36.4 Å². The zero-order valence-corrected chi connectivity index (χ0v) is 18.3. The maximum absolute atomic E-state index is 5.78. The first-order valence-electron chi connectivity index (χ1n) is 10.9. The molecule has 1 saturated heterocycles. The van der Waals surface area contributed by atoms with Gasteiger partial charge in [0.2, 0.25) is 0 Å². The van der Waals surface area contributed by atoms with Crippen LogP contribution in [0.25, 0.3) is 0 Å². The van der Waals surface area contributed by atoms with Crippen molar-refractivity contribution in [2.75, 3.05) is 66.2 Å². The molecule has 3 rings (SSSR count). The summed E-state index contributed by atoms with van der Waals surface area (Å²) < 4.78 is 21.8. The second-order valence-electron chi connectivity index (χ2n) is 7.27. The van der Waals surface area contributed by atoms with Crippen molar-refractivity contribution in [1.82, 2.24) is 15.5 Å². The van der Waals surface area contributed by atoms with Crippen LogP contribution in [0.5, 0.6) is 5.75 Å². The molecule has 0 unspecified atom stereocenters. The van der Waals surface area contributed by atoms with Gasteiger partial charge in [-0.3, -0.25) is 9.89 Å². The smallest absolute Gasteiger partial charge is 0.191 e. The molecule has 0 aliphatic carbocycles. The summed E-state index contributed by atoms with van der Waals surface area (Å²) in [4.78, 5) is 7.10. The molecule has 0 bridgehead atoms. The van der Waals surface area contributed by atoms with Gasteiger partial charge in [-0.1, -0.05) is 12.1 Å². The summed E-state index contributed by atoms with van der Waals surface area (Å²) in [5.41, 5.74) is 1.12. The summed E-state index contributed by atoms with van der Waals surface area (Å²) in [6.45, 7) is 7.83. The zero-order chi connectivity index (χ0) is 21.6. The first-order chi connectivity index (χ1) is 15.3. The number of furan rings is 1. The minimum atomic E-state index is 0.571. The van der Waals surface area contributed by atoms with E-state index in [1.54, 1.807) is 13.4 Å². The standard InChI is InChI=1S/C23H34N4O4/c1-28-21-6-4-20(5-7-21)19-30-16-11-26-23(24-9-8-22-3-2-15-31-22)25-10-12-27-13-17-29-18-14-27/h2-7,15H,8-14,16-19H2,1H3,(H2,24,25,26). The van der Waals surface area contributed by atoms with Gasteiger partial charge in [-0.05, 0) is 29.8 Å². The molecule has 1 aromatic carbocycles. The van der Waals surface area contributed by atoms with E-state index in [0.717, 1.165) is 75.4 Å². The molecule has 0 radical (unpaired) electrons. The zero-order valence-electron chi connectivity index (χ0n) is 18.3. The van der Waals surface area contributed by atoms with Gasteiger partial charge < -0.3 is 29.3 Å². The summed E-state index contributed by atoms with van der Waals surface area (Å²) in [6, 6.07) is 11.8. The van der Waals surface area contributed by atoms with Crippen LogP contribution in [0.4, 0.5) is 0 Å². The van der Waals surface area contributed by atoms with Crippen molar-refractivity contribution >= 4 is 5.96 Å². The number of rotatable bonds is 12. The van der Waals surface area contributed by atoms with Crippen molar-refractivity contribution in [2.45, 2.75) is 13.0 Å². The molecule has 0 atom stereocenters. The van der Waals surface area contributed by atoms with Crippen LogP contribution in [0, 0.1) is 0 Å². The van der Waals surface area contributed by atoms with Gasteiger partial charge in [0.1, 0.15) is 11.5 Å². The molecule has 170 valence electrons. The second-order valence-corrected chi connectivity index (χ2v) is 7.27. The molecule has 1 fully saturated rings. The normalized spacial score (nSPS) is 15.1. The number of nitrogens with zero attached hydrogens (tertiary/aromatic N) is 2. The van der Waals surface area contributed by atoms with E-state index in [9.17, 15) is 0 Å². The molecule has 1 aromatic heterocycles. The Labute approximate surface area is 184 Å². The van der Waals surface area contributed by atoms with Crippen molar-refractivity contribution in [1.29, 1.82) is 0 Å². The van der Waals surface area contributed by atoms with Gasteiger partial charge in [-0.25, -0.2) is 0 Å². The number of aliphatic imine (C=N–C) groups is 1. The van der Waals surface area contributed by atoms with Crippen molar-refractivity contribution in [3.63, 3.8) is 0 Å². The molecular formula is C23H34N4O4. The van der Waals surface area contributed by atoms with E-state index < -0.39 is 0 Å². The highest BCUT2D eigenvalue weighted by Crippen LogP contribution is 2.11. The van der Waals surface area contributed by atoms with Crippen LogP contribution in [-0.4, -0.2) is 77.1 Å². The number of morpholine rings is 1. The van der Waals surface area contributed by atoms with Gasteiger partial charge in [0.05, 0.1) is 46.3 Å². The quantitative estimate of drug-likeness (QED) is 0.302. The molecule has 0 saturated carbocycles. The Balaban J connectivity index is 1.37. The average Bonchev–Trinajstić information content (AvgIpc) is 3.33. The van der Waals surface area contributed by atoms with Crippen molar-refractivity contribution in [3.8, 4) is 5.75 Å². The number of methoxy groups -OCH3 is 1. The van der Waals surface area contributed by atoms with Crippen LogP contribution < -0.4 is 15.4 Å². The van der Waals surface area contributed by atoms with Crippen LogP contribution in [0.3, 0.4) is 0 Å². The molecule has 0 spiro atoms. The molecule has 31 heavy (non-hydrogen) atoms. The minimum absolute atomic E-state index is 0.571. The fourth-order valence-electron chi connectivity index (χ4n) is 3.21. The van der Waals surface area contributed by atoms with Crippen molar-refractivity contribution in [3.05, 3.63) is 54.0 Å². The van der Waals surface area contributed by atoms with Crippen LogP contribution >= 0.6 is 0 Å². The Hall–Kier alpha value is -2.55. The predicted octanol–water partition coefficient (Wildman–Crippen LogP) is 1.91. The highest BCUT2D eigenvalue weighted by molar-refractivity contribution is 5.79. The molecule has 1 aliphatic rings. The molecule has 2 aromatic rings. The summed E-state index contributed by atoms with van der Waals surface area (Å²) in [5, 5.41) is 6.75. The SMILES string of the molecule is COc1ccc(COCCNC(=NCCN2CCOCC2)NCCc2ccco2)cc1.